The molecular weight excluding hydrogens is 246 g/mol. The van der Waals surface area contributed by atoms with E-state index in [4.69, 9.17) is 39.5 Å². The number of hydrogen-bond acceptors (Lipinski definition) is 2. The lowest BCUT2D eigenvalue weighted by Crippen LogP contribution is -2.19. The molecule has 0 radical (unpaired) electrons. The summed E-state index contributed by atoms with van der Waals surface area (Å²) < 4.78 is 5.19. The summed E-state index contributed by atoms with van der Waals surface area (Å²) in [5.41, 5.74) is 0. The van der Waals surface area contributed by atoms with Crippen LogP contribution in [0.1, 0.15) is 6.92 Å². The molecule has 0 saturated carbocycles. The summed E-state index contributed by atoms with van der Waals surface area (Å²) in [6.07, 6.45) is -0.769. The zero-order valence-electron chi connectivity index (χ0n) is 7.26. The van der Waals surface area contributed by atoms with E-state index in [9.17, 15) is 4.79 Å². The van der Waals surface area contributed by atoms with Crippen molar-refractivity contribution in [2.45, 2.75) is 13.0 Å². The van der Waals surface area contributed by atoms with Crippen LogP contribution in [0.4, 0.5) is 0 Å². The summed E-state index contributed by atoms with van der Waals surface area (Å²) in [6.45, 7) is 1.52. The zero-order chi connectivity index (χ0) is 10.7. The Labute approximate surface area is 96.7 Å². The second-order valence-electron chi connectivity index (χ2n) is 2.61. The molecule has 5 heteroatoms. The monoisotopic (exact) mass is 252 g/mol. The highest BCUT2D eigenvalue weighted by molar-refractivity contribution is 6.64. The summed E-state index contributed by atoms with van der Waals surface area (Å²) in [5.74, 6) is 0.275. The molecule has 0 aromatic heterocycles. The molecule has 76 valence electrons. The molecule has 1 unspecified atom stereocenters. The summed E-state index contributed by atoms with van der Waals surface area (Å²) in [4.78, 5) is 10.7. The fourth-order valence-corrected chi connectivity index (χ4v) is 1.35. The van der Waals surface area contributed by atoms with Crippen LogP contribution in [0.25, 0.3) is 0 Å². The summed E-state index contributed by atoms with van der Waals surface area (Å²) in [7, 11) is 0. The first-order valence-corrected chi connectivity index (χ1v) is 4.95. The van der Waals surface area contributed by atoms with Crippen molar-refractivity contribution < 1.29 is 9.53 Å². The molecule has 0 saturated heterocycles. The Hall–Kier alpha value is -0.440. The quantitative estimate of drug-likeness (QED) is 0.770. The van der Waals surface area contributed by atoms with Crippen LogP contribution in [-0.4, -0.2) is 11.3 Å². The van der Waals surface area contributed by atoms with Gasteiger partial charge in [-0.1, -0.05) is 29.3 Å². The molecule has 0 aliphatic carbocycles. The lowest BCUT2D eigenvalue weighted by atomic mass is 10.3. The molecule has 0 heterocycles. The molecule has 2 nitrogen and oxygen atoms in total. The van der Waals surface area contributed by atoms with E-state index in [-0.39, 0.29) is 5.75 Å². The van der Waals surface area contributed by atoms with Crippen molar-refractivity contribution in [3.63, 3.8) is 0 Å². The van der Waals surface area contributed by atoms with Crippen molar-refractivity contribution in [2.24, 2.45) is 0 Å². The number of halogens is 3. The maximum Gasteiger partial charge on any atom is 0.262 e. The predicted molar refractivity (Wildman–Crippen MR) is 57.4 cm³/mol. The minimum Gasteiger partial charge on any atom is -0.478 e. The van der Waals surface area contributed by atoms with Crippen molar-refractivity contribution >= 4 is 40.0 Å². The van der Waals surface area contributed by atoms with E-state index < -0.39 is 11.3 Å². The molecule has 0 amide bonds. The van der Waals surface area contributed by atoms with Crippen LogP contribution in [0.2, 0.25) is 10.0 Å². The number of carbonyl (C=O) groups is 1. The lowest BCUT2D eigenvalue weighted by Gasteiger charge is -2.12. The third-order valence-corrected chi connectivity index (χ3v) is 2.44. The molecule has 0 bridgehead atoms. The van der Waals surface area contributed by atoms with Crippen LogP contribution < -0.4 is 4.74 Å². The van der Waals surface area contributed by atoms with Gasteiger partial charge in [0.1, 0.15) is 0 Å². The van der Waals surface area contributed by atoms with Crippen molar-refractivity contribution in [3.8, 4) is 5.75 Å². The van der Waals surface area contributed by atoms with Crippen molar-refractivity contribution in [1.82, 2.24) is 0 Å². The van der Waals surface area contributed by atoms with Crippen molar-refractivity contribution in [2.75, 3.05) is 0 Å². The first-order chi connectivity index (χ1) is 6.52. The number of benzene rings is 1. The van der Waals surface area contributed by atoms with Gasteiger partial charge in [0.25, 0.3) is 5.24 Å². The van der Waals surface area contributed by atoms with Gasteiger partial charge in [0.2, 0.25) is 0 Å². The molecule has 0 aliphatic heterocycles. The van der Waals surface area contributed by atoms with Gasteiger partial charge in [-0.15, -0.1) is 0 Å². The third kappa shape index (κ3) is 2.77. The SMILES string of the molecule is CC(Oc1c(Cl)cccc1Cl)C(=O)Cl. The molecule has 0 spiro atoms. The average molecular weight is 254 g/mol. The van der Waals surface area contributed by atoms with E-state index in [1.807, 2.05) is 0 Å². The number of ether oxygens (including phenoxy) is 1. The lowest BCUT2D eigenvalue weighted by molar-refractivity contribution is -0.117. The third-order valence-electron chi connectivity index (χ3n) is 1.53. The van der Waals surface area contributed by atoms with E-state index >= 15 is 0 Å². The smallest absolute Gasteiger partial charge is 0.262 e. The van der Waals surface area contributed by atoms with Crippen LogP contribution in [0.3, 0.4) is 0 Å². The predicted octanol–water partition coefficient (Wildman–Crippen LogP) is 3.53. The Balaban J connectivity index is 2.91. The normalized spacial score (nSPS) is 12.3. The van der Waals surface area contributed by atoms with Crippen molar-refractivity contribution in [3.05, 3.63) is 28.2 Å². The van der Waals surface area contributed by atoms with E-state index in [1.165, 1.54) is 6.92 Å². The van der Waals surface area contributed by atoms with E-state index in [0.717, 1.165) is 0 Å². The Morgan fingerprint density at radius 3 is 2.29 bits per heavy atom. The summed E-state index contributed by atoms with van der Waals surface area (Å²) >= 11 is 16.9. The fraction of sp³-hybridized carbons (Fsp3) is 0.222. The molecule has 14 heavy (non-hydrogen) atoms. The van der Waals surface area contributed by atoms with E-state index in [1.54, 1.807) is 18.2 Å². The van der Waals surface area contributed by atoms with Crippen LogP contribution >= 0.6 is 34.8 Å². The Kier molecular flexibility index (Phi) is 4.05. The Morgan fingerprint density at radius 1 is 1.36 bits per heavy atom. The van der Waals surface area contributed by atoms with E-state index in [2.05, 4.69) is 0 Å². The van der Waals surface area contributed by atoms with Crippen LogP contribution in [0, 0.1) is 0 Å². The highest BCUT2D eigenvalue weighted by Crippen LogP contribution is 2.33. The second kappa shape index (κ2) is 4.87. The highest BCUT2D eigenvalue weighted by atomic mass is 35.5. The minimum absolute atomic E-state index is 0.275. The first kappa shape index (κ1) is 11.6. The van der Waals surface area contributed by atoms with Gasteiger partial charge in [-0.25, -0.2) is 0 Å². The van der Waals surface area contributed by atoms with Gasteiger partial charge < -0.3 is 4.74 Å². The van der Waals surface area contributed by atoms with Gasteiger partial charge in [-0.3, -0.25) is 4.79 Å². The van der Waals surface area contributed by atoms with Gasteiger partial charge in [0.05, 0.1) is 10.0 Å². The average Bonchev–Trinajstić information content (AvgIpc) is 2.11. The highest BCUT2D eigenvalue weighted by Gasteiger charge is 2.15. The largest absolute Gasteiger partial charge is 0.478 e. The maximum absolute atomic E-state index is 10.7. The molecule has 0 fully saturated rings. The van der Waals surface area contributed by atoms with Crippen LogP contribution in [0.15, 0.2) is 18.2 Å². The molecule has 0 aliphatic rings. The van der Waals surface area contributed by atoms with Crippen LogP contribution in [-0.2, 0) is 4.79 Å². The zero-order valence-corrected chi connectivity index (χ0v) is 9.53. The topological polar surface area (TPSA) is 26.3 Å². The van der Waals surface area contributed by atoms with Crippen LogP contribution in [0.5, 0.6) is 5.75 Å². The second-order valence-corrected chi connectivity index (χ2v) is 3.80. The number of hydrogen-bond donors (Lipinski definition) is 0. The molecule has 1 atom stereocenters. The summed E-state index contributed by atoms with van der Waals surface area (Å²) in [5, 5.41) is 0.102. The van der Waals surface area contributed by atoms with Gasteiger partial charge in [-0.05, 0) is 30.7 Å². The molecule has 0 N–H and O–H groups in total. The molecular formula is C9H7Cl3O2. The summed E-state index contributed by atoms with van der Waals surface area (Å²) in [6, 6.07) is 4.92. The molecule has 1 aromatic rings. The van der Waals surface area contributed by atoms with Gasteiger partial charge in [0, 0.05) is 0 Å². The molecule has 1 rings (SSSR count). The Bertz CT molecular complexity index is 332. The van der Waals surface area contributed by atoms with E-state index in [0.29, 0.717) is 10.0 Å². The standard InChI is InChI=1S/C9H7Cl3O2/c1-5(9(12)13)14-8-6(10)3-2-4-7(8)11/h2-5H,1H3. The maximum atomic E-state index is 10.7. The van der Waals surface area contributed by atoms with Crippen molar-refractivity contribution in [1.29, 1.82) is 0 Å². The number of para-hydroxylation sites is 1. The van der Waals surface area contributed by atoms with Gasteiger partial charge >= 0.3 is 0 Å². The molecule has 1 aromatic carbocycles. The Morgan fingerprint density at radius 2 is 1.86 bits per heavy atom. The first-order valence-electron chi connectivity index (χ1n) is 3.82. The minimum atomic E-state index is -0.769. The number of rotatable bonds is 3. The van der Waals surface area contributed by atoms with Gasteiger partial charge in [-0.2, -0.15) is 0 Å². The number of carbonyl (C=O) groups excluding carboxylic acids is 1. The fourth-order valence-electron chi connectivity index (χ4n) is 0.818. The van der Waals surface area contributed by atoms with Gasteiger partial charge in [0.15, 0.2) is 11.9 Å².